The third-order valence-corrected chi connectivity index (χ3v) is 7.35. The standard InChI is InChI=1S/C28H39BrN8O5/c1-16(34-40-9)20-11-10-17(15-36(20)26(39)42-28(5,6)7)22-21(29)24(33-25(38)41-27(2,3)4)37-23(32-22)19(13-31-37)18-12-30-35(8)14-18/h12-14,17,20H,10-11,15H2,1-9H3,(H,33,38)/t17-,20-/m0/s1. The number of oxime groups is 1. The van der Waals surface area contributed by atoms with Gasteiger partial charge in [0.2, 0.25) is 0 Å². The summed E-state index contributed by atoms with van der Waals surface area (Å²) < 4.78 is 15.1. The molecule has 0 saturated carbocycles. The third-order valence-electron chi connectivity index (χ3n) is 6.56. The molecule has 13 nitrogen and oxygen atoms in total. The van der Waals surface area contributed by atoms with Crippen molar-refractivity contribution in [2.75, 3.05) is 19.0 Å². The zero-order chi connectivity index (χ0) is 31.0. The molecule has 4 rings (SSSR count). The number of fused-ring (bicyclic) bond motifs is 1. The predicted octanol–water partition coefficient (Wildman–Crippen LogP) is 5.74. The number of carbonyl (C=O) groups excluding carboxylic acids is 2. The van der Waals surface area contributed by atoms with Gasteiger partial charge in [0.25, 0.3) is 0 Å². The smallest absolute Gasteiger partial charge is 0.413 e. The van der Waals surface area contributed by atoms with E-state index in [1.165, 1.54) is 7.11 Å². The molecule has 1 saturated heterocycles. The first kappa shape index (κ1) is 31.3. The van der Waals surface area contributed by atoms with Gasteiger partial charge in [0.1, 0.15) is 18.3 Å². The molecule has 1 fully saturated rings. The zero-order valence-corrected chi connectivity index (χ0v) is 27.1. The molecule has 3 aromatic heterocycles. The Labute approximate surface area is 253 Å². The number of hydrogen-bond acceptors (Lipinski definition) is 9. The van der Waals surface area contributed by atoms with Gasteiger partial charge < -0.3 is 14.3 Å². The number of halogens is 1. The van der Waals surface area contributed by atoms with Crippen LogP contribution in [0.1, 0.15) is 72.9 Å². The van der Waals surface area contributed by atoms with E-state index in [0.717, 1.165) is 11.1 Å². The normalized spacial score (nSPS) is 18.2. The molecule has 1 N–H and O–H groups in total. The zero-order valence-electron chi connectivity index (χ0n) is 25.6. The molecular formula is C28H39BrN8O5. The number of nitrogens with one attached hydrogen (secondary N) is 1. The fourth-order valence-electron chi connectivity index (χ4n) is 4.89. The van der Waals surface area contributed by atoms with Crippen molar-refractivity contribution >= 4 is 45.3 Å². The Morgan fingerprint density at radius 1 is 1.07 bits per heavy atom. The molecule has 2 atom stereocenters. The Morgan fingerprint density at radius 3 is 2.36 bits per heavy atom. The molecule has 2 amide bonds. The van der Waals surface area contributed by atoms with E-state index in [1.807, 2.05) is 40.9 Å². The lowest BCUT2D eigenvalue weighted by Gasteiger charge is -2.40. The van der Waals surface area contributed by atoms with Crippen LogP contribution in [0.3, 0.4) is 0 Å². The topological polar surface area (TPSA) is 137 Å². The summed E-state index contributed by atoms with van der Waals surface area (Å²) in [6.07, 6.45) is 5.49. The van der Waals surface area contributed by atoms with Crippen LogP contribution in [0.15, 0.2) is 28.2 Å². The Kier molecular flexibility index (Phi) is 8.86. The van der Waals surface area contributed by atoms with Gasteiger partial charge in [-0.3, -0.25) is 14.9 Å². The quantitative estimate of drug-likeness (QED) is 0.273. The Hall–Kier alpha value is -3.68. The second-order valence-corrected chi connectivity index (χ2v) is 13.1. The monoisotopic (exact) mass is 646 g/mol. The molecule has 42 heavy (non-hydrogen) atoms. The molecule has 0 unspecified atom stereocenters. The van der Waals surface area contributed by atoms with Crippen molar-refractivity contribution in [3.63, 3.8) is 0 Å². The SMILES string of the molecule is CON=C(C)[C@@H]1CC[C@H](c2nc3c(-c4cnn(C)c4)cnn3c(NC(=O)OC(C)(C)C)c2Br)CN1C(=O)OC(C)(C)C. The number of piperidine rings is 1. The summed E-state index contributed by atoms with van der Waals surface area (Å²) in [5.74, 6) is 0.154. The van der Waals surface area contributed by atoms with E-state index in [2.05, 4.69) is 36.6 Å². The van der Waals surface area contributed by atoms with E-state index in [1.54, 1.807) is 47.3 Å². The van der Waals surface area contributed by atoms with E-state index in [0.29, 0.717) is 46.7 Å². The van der Waals surface area contributed by atoms with Crippen LogP contribution in [0, 0.1) is 0 Å². The maximum Gasteiger partial charge on any atom is 0.413 e. The minimum atomic E-state index is -0.704. The van der Waals surface area contributed by atoms with Crippen molar-refractivity contribution in [2.45, 2.75) is 84.5 Å². The maximum atomic E-state index is 13.4. The van der Waals surface area contributed by atoms with Crippen LogP contribution in [0.5, 0.6) is 0 Å². The van der Waals surface area contributed by atoms with Crippen LogP contribution in [-0.2, 0) is 21.4 Å². The van der Waals surface area contributed by atoms with Crippen LogP contribution in [0.25, 0.3) is 16.8 Å². The number of anilines is 1. The number of aryl methyl sites for hydroxylation is 1. The molecule has 14 heteroatoms. The molecule has 0 bridgehead atoms. The number of aromatic nitrogens is 5. The number of hydrogen-bond donors (Lipinski definition) is 1. The summed E-state index contributed by atoms with van der Waals surface area (Å²) in [7, 11) is 3.31. The van der Waals surface area contributed by atoms with Crippen molar-refractivity contribution < 1.29 is 23.9 Å². The van der Waals surface area contributed by atoms with Gasteiger partial charge in [-0.2, -0.15) is 14.7 Å². The van der Waals surface area contributed by atoms with Gasteiger partial charge in [0.15, 0.2) is 11.5 Å². The predicted molar refractivity (Wildman–Crippen MR) is 162 cm³/mol. The number of ether oxygens (including phenoxy) is 2. The average molecular weight is 648 g/mol. The largest absolute Gasteiger partial charge is 0.444 e. The molecule has 3 aromatic rings. The highest BCUT2D eigenvalue weighted by Crippen LogP contribution is 2.39. The Morgan fingerprint density at radius 2 is 1.76 bits per heavy atom. The summed E-state index contributed by atoms with van der Waals surface area (Å²) in [6.45, 7) is 13.0. The second kappa shape index (κ2) is 11.9. The lowest BCUT2D eigenvalue weighted by molar-refractivity contribution is 0.0140. The van der Waals surface area contributed by atoms with Crippen molar-refractivity contribution in [1.82, 2.24) is 29.3 Å². The molecule has 1 aliphatic heterocycles. The molecule has 228 valence electrons. The number of rotatable bonds is 5. The van der Waals surface area contributed by atoms with Crippen molar-refractivity contribution in [1.29, 1.82) is 0 Å². The van der Waals surface area contributed by atoms with Crippen molar-refractivity contribution in [3.8, 4) is 11.1 Å². The van der Waals surface area contributed by atoms with E-state index < -0.39 is 23.4 Å². The number of amides is 2. The lowest BCUT2D eigenvalue weighted by Crippen LogP contribution is -2.51. The first-order valence-corrected chi connectivity index (χ1v) is 14.5. The van der Waals surface area contributed by atoms with E-state index in [9.17, 15) is 9.59 Å². The van der Waals surface area contributed by atoms with Gasteiger partial charge >= 0.3 is 12.2 Å². The minimum absolute atomic E-state index is 0.209. The first-order valence-electron chi connectivity index (χ1n) is 13.7. The van der Waals surface area contributed by atoms with Gasteiger partial charge in [-0.15, -0.1) is 0 Å². The Balaban J connectivity index is 1.81. The van der Waals surface area contributed by atoms with Crippen LogP contribution in [0.2, 0.25) is 0 Å². The van der Waals surface area contributed by atoms with Gasteiger partial charge in [-0.25, -0.2) is 14.6 Å². The fraction of sp³-hybridized carbons (Fsp3) is 0.571. The van der Waals surface area contributed by atoms with Gasteiger partial charge in [0.05, 0.1) is 34.3 Å². The third kappa shape index (κ3) is 7.02. The van der Waals surface area contributed by atoms with Crippen molar-refractivity contribution in [2.24, 2.45) is 12.2 Å². The number of likely N-dealkylation sites (tertiary alicyclic amines) is 1. The second-order valence-electron chi connectivity index (χ2n) is 12.3. The molecule has 0 spiro atoms. The highest BCUT2D eigenvalue weighted by Gasteiger charge is 2.38. The van der Waals surface area contributed by atoms with Crippen LogP contribution in [0.4, 0.5) is 15.4 Å². The summed E-state index contributed by atoms with van der Waals surface area (Å²) in [5, 5.41) is 15.8. The van der Waals surface area contributed by atoms with Crippen LogP contribution in [-0.4, -0.2) is 78.1 Å². The van der Waals surface area contributed by atoms with Crippen LogP contribution < -0.4 is 5.32 Å². The van der Waals surface area contributed by atoms with Gasteiger partial charge in [-0.1, -0.05) is 5.16 Å². The molecular weight excluding hydrogens is 608 g/mol. The lowest BCUT2D eigenvalue weighted by atomic mass is 9.88. The summed E-state index contributed by atoms with van der Waals surface area (Å²) >= 11 is 3.70. The van der Waals surface area contributed by atoms with Gasteiger partial charge in [0, 0.05) is 36.8 Å². The molecule has 0 aliphatic carbocycles. The first-order chi connectivity index (χ1) is 19.6. The van der Waals surface area contributed by atoms with E-state index >= 15 is 0 Å². The van der Waals surface area contributed by atoms with E-state index in [-0.39, 0.29) is 12.0 Å². The number of carbonyl (C=O) groups is 2. The highest BCUT2D eigenvalue weighted by molar-refractivity contribution is 9.10. The molecule has 0 radical (unpaired) electrons. The summed E-state index contributed by atoms with van der Waals surface area (Å²) in [5.41, 5.74) is 2.03. The number of nitrogens with zero attached hydrogens (tertiary/aromatic N) is 7. The van der Waals surface area contributed by atoms with Crippen molar-refractivity contribution in [3.05, 3.63) is 28.8 Å². The Bertz CT molecular complexity index is 1500. The molecule has 1 aliphatic rings. The highest BCUT2D eigenvalue weighted by atomic mass is 79.9. The summed E-state index contributed by atoms with van der Waals surface area (Å²) in [6, 6.07) is -0.307. The minimum Gasteiger partial charge on any atom is -0.444 e. The summed E-state index contributed by atoms with van der Waals surface area (Å²) in [4.78, 5) is 38.1. The molecule has 0 aromatic carbocycles. The average Bonchev–Trinajstić information content (AvgIpc) is 3.49. The van der Waals surface area contributed by atoms with Gasteiger partial charge in [-0.05, 0) is 77.2 Å². The van der Waals surface area contributed by atoms with E-state index in [4.69, 9.17) is 19.3 Å². The maximum absolute atomic E-state index is 13.4. The van der Waals surface area contributed by atoms with Crippen LogP contribution >= 0.6 is 15.9 Å². The fourth-order valence-corrected chi connectivity index (χ4v) is 5.57. The molecule has 4 heterocycles.